The number of nitrogens with one attached hydrogen (secondary N) is 2. The molecule has 0 radical (unpaired) electrons. The summed E-state index contributed by atoms with van der Waals surface area (Å²) in [6, 6.07) is 7.20. The minimum Gasteiger partial charge on any atom is -0.448 e. The van der Waals surface area contributed by atoms with E-state index in [2.05, 4.69) is 15.6 Å². The van der Waals surface area contributed by atoms with Crippen molar-refractivity contribution in [2.24, 2.45) is 4.99 Å². The van der Waals surface area contributed by atoms with Crippen LogP contribution in [0, 0.1) is 0 Å². The number of rotatable bonds is 6. The minimum absolute atomic E-state index is 0.144. The van der Waals surface area contributed by atoms with Crippen LogP contribution in [0.1, 0.15) is 33.3 Å². The zero-order valence-corrected chi connectivity index (χ0v) is 16.7. The van der Waals surface area contributed by atoms with E-state index < -0.39 is 17.8 Å². The third-order valence-corrected chi connectivity index (χ3v) is 3.53. The quantitative estimate of drug-likeness (QED) is 0.431. The number of thioether (sulfide) groups is 1. The molecular weight excluding hydrogens is 370 g/mol. The van der Waals surface area contributed by atoms with Crippen molar-refractivity contribution in [2.45, 2.75) is 39.8 Å². The van der Waals surface area contributed by atoms with Gasteiger partial charge in [-0.2, -0.15) is 4.99 Å². The zero-order valence-electron chi connectivity index (χ0n) is 15.9. The van der Waals surface area contributed by atoms with Gasteiger partial charge in [0.15, 0.2) is 5.17 Å². The summed E-state index contributed by atoms with van der Waals surface area (Å²) in [5.74, 6) is 0.144. The van der Waals surface area contributed by atoms with Crippen LogP contribution < -0.4 is 10.6 Å². The van der Waals surface area contributed by atoms with Gasteiger partial charge in [-0.25, -0.2) is 9.59 Å². The molecule has 0 aromatic heterocycles. The first kappa shape index (κ1) is 22.5. The fourth-order valence-electron chi connectivity index (χ4n) is 1.82. The Labute approximate surface area is 163 Å². The Bertz CT molecular complexity index is 686. The van der Waals surface area contributed by atoms with Crippen LogP contribution in [-0.2, 0) is 20.8 Å². The number of nitrogens with zero attached hydrogens (tertiary/aromatic N) is 1. The largest absolute Gasteiger partial charge is 0.448 e. The summed E-state index contributed by atoms with van der Waals surface area (Å²) < 4.78 is 9.98. The summed E-state index contributed by atoms with van der Waals surface area (Å²) in [6.45, 7) is 7.53. The zero-order chi connectivity index (χ0) is 20.3. The predicted octanol–water partition coefficient (Wildman–Crippen LogP) is 3.57. The number of aldehydes is 1. The van der Waals surface area contributed by atoms with Crippen LogP contribution in [0.25, 0.3) is 0 Å². The standard InChI is InChI=1S/C18H25N3O5S/c1-5-25-17(24)21-15(27-10-9-22)20-14-8-6-7-13(11-14)12-19-16(23)26-18(2,3)4/h6-9,11H,5,10,12H2,1-4H3,(H,19,23)(H,20,21,24). The van der Waals surface area contributed by atoms with E-state index in [1.807, 2.05) is 6.07 Å². The number of amides is 2. The Kier molecular flexibility index (Phi) is 9.35. The highest BCUT2D eigenvalue weighted by atomic mass is 32.2. The molecule has 0 spiro atoms. The summed E-state index contributed by atoms with van der Waals surface area (Å²) in [5.41, 5.74) is 0.906. The van der Waals surface area contributed by atoms with Gasteiger partial charge in [0.25, 0.3) is 0 Å². The second kappa shape index (κ2) is 11.2. The van der Waals surface area contributed by atoms with Crippen molar-refractivity contribution in [1.29, 1.82) is 0 Å². The Hall–Kier alpha value is -2.55. The molecular formula is C18H25N3O5S. The van der Waals surface area contributed by atoms with Gasteiger partial charge < -0.3 is 24.9 Å². The molecule has 148 valence electrons. The van der Waals surface area contributed by atoms with Crippen molar-refractivity contribution in [2.75, 3.05) is 17.7 Å². The van der Waals surface area contributed by atoms with E-state index in [1.54, 1.807) is 45.9 Å². The van der Waals surface area contributed by atoms with E-state index in [0.717, 1.165) is 17.3 Å². The monoisotopic (exact) mass is 395 g/mol. The molecule has 2 amide bonds. The highest BCUT2D eigenvalue weighted by molar-refractivity contribution is 8.14. The predicted molar refractivity (Wildman–Crippen MR) is 106 cm³/mol. The van der Waals surface area contributed by atoms with Crippen LogP contribution in [0.2, 0.25) is 0 Å². The molecule has 1 rings (SSSR count). The molecule has 0 heterocycles. The topological polar surface area (TPSA) is 106 Å². The normalized spacial score (nSPS) is 11.5. The van der Waals surface area contributed by atoms with Crippen LogP contribution in [0.4, 0.5) is 15.3 Å². The van der Waals surface area contributed by atoms with Gasteiger partial charge in [-0.1, -0.05) is 23.9 Å². The molecule has 0 saturated heterocycles. The molecule has 0 aliphatic carbocycles. The lowest BCUT2D eigenvalue weighted by atomic mass is 10.2. The number of amidine groups is 1. The smallest absolute Gasteiger partial charge is 0.436 e. The fraction of sp³-hybridized carbons (Fsp3) is 0.444. The van der Waals surface area contributed by atoms with Crippen molar-refractivity contribution in [3.63, 3.8) is 0 Å². The van der Waals surface area contributed by atoms with Gasteiger partial charge in [-0.05, 0) is 45.4 Å². The van der Waals surface area contributed by atoms with Gasteiger partial charge in [0, 0.05) is 12.2 Å². The summed E-state index contributed by atoms with van der Waals surface area (Å²) in [7, 11) is 0. The van der Waals surface area contributed by atoms with Crippen molar-refractivity contribution in [3.8, 4) is 0 Å². The van der Waals surface area contributed by atoms with Gasteiger partial charge in [-0.15, -0.1) is 0 Å². The molecule has 0 bridgehead atoms. The first-order valence-corrected chi connectivity index (χ1v) is 9.36. The molecule has 8 nitrogen and oxygen atoms in total. The maximum Gasteiger partial charge on any atom is 0.436 e. The minimum atomic E-state index is -0.735. The van der Waals surface area contributed by atoms with E-state index in [9.17, 15) is 14.4 Å². The van der Waals surface area contributed by atoms with Crippen LogP contribution >= 0.6 is 11.8 Å². The first-order chi connectivity index (χ1) is 12.7. The summed E-state index contributed by atoms with van der Waals surface area (Å²) >= 11 is 1.08. The second-order valence-electron chi connectivity index (χ2n) is 6.27. The number of carbonyl (C=O) groups excluding carboxylic acids is 3. The number of hydrogen-bond donors (Lipinski definition) is 2. The number of ether oxygens (including phenoxy) is 2. The van der Waals surface area contributed by atoms with Crippen LogP contribution in [0.3, 0.4) is 0 Å². The van der Waals surface area contributed by atoms with Gasteiger partial charge >= 0.3 is 12.2 Å². The average molecular weight is 395 g/mol. The van der Waals surface area contributed by atoms with Crippen LogP contribution in [0.5, 0.6) is 0 Å². The molecule has 0 saturated carbocycles. The Morgan fingerprint density at radius 3 is 2.67 bits per heavy atom. The number of carbonyl (C=O) groups is 3. The summed E-state index contributed by atoms with van der Waals surface area (Å²) in [5, 5.41) is 5.90. The molecule has 0 fully saturated rings. The first-order valence-electron chi connectivity index (χ1n) is 8.38. The van der Waals surface area contributed by atoms with Crippen LogP contribution in [0.15, 0.2) is 29.3 Å². The number of aliphatic imine (C=N–C) groups is 1. The molecule has 1 aromatic carbocycles. The van der Waals surface area contributed by atoms with Crippen LogP contribution in [-0.4, -0.2) is 41.6 Å². The lowest BCUT2D eigenvalue weighted by Gasteiger charge is -2.19. The Morgan fingerprint density at radius 1 is 1.30 bits per heavy atom. The second-order valence-corrected chi connectivity index (χ2v) is 7.28. The molecule has 0 atom stereocenters. The van der Waals surface area contributed by atoms with Gasteiger partial charge in [-0.3, -0.25) is 0 Å². The third kappa shape index (κ3) is 10.2. The molecule has 9 heteroatoms. The van der Waals surface area contributed by atoms with E-state index in [4.69, 9.17) is 9.47 Å². The highest BCUT2D eigenvalue weighted by Gasteiger charge is 2.15. The molecule has 0 aliphatic heterocycles. The van der Waals surface area contributed by atoms with Crippen molar-refractivity contribution >= 4 is 41.1 Å². The van der Waals surface area contributed by atoms with Gasteiger partial charge in [0.2, 0.25) is 0 Å². The Balaban J connectivity index is 2.76. The maximum atomic E-state index is 11.7. The van der Waals surface area contributed by atoms with Gasteiger partial charge in [0.05, 0.1) is 12.4 Å². The lowest BCUT2D eigenvalue weighted by molar-refractivity contribution is -0.105. The van der Waals surface area contributed by atoms with Crippen molar-refractivity contribution in [3.05, 3.63) is 29.8 Å². The SMILES string of the molecule is CCOC(=O)/N=C(/Nc1cccc(CNC(=O)OC(C)(C)C)c1)SCC=O. The van der Waals surface area contributed by atoms with E-state index in [0.29, 0.717) is 12.0 Å². The number of hydrogen-bond acceptors (Lipinski definition) is 6. The van der Waals surface area contributed by atoms with Crippen molar-refractivity contribution in [1.82, 2.24) is 5.32 Å². The average Bonchev–Trinajstić information content (AvgIpc) is 2.57. The fourth-order valence-corrected chi connectivity index (χ4v) is 2.37. The molecule has 2 N–H and O–H groups in total. The molecule has 0 unspecified atom stereocenters. The van der Waals surface area contributed by atoms with Crippen molar-refractivity contribution < 1.29 is 23.9 Å². The number of benzene rings is 1. The summed E-state index contributed by atoms with van der Waals surface area (Å²) in [4.78, 5) is 37.7. The highest BCUT2D eigenvalue weighted by Crippen LogP contribution is 2.15. The van der Waals surface area contributed by atoms with E-state index in [1.165, 1.54) is 0 Å². The third-order valence-electron chi connectivity index (χ3n) is 2.76. The lowest BCUT2D eigenvalue weighted by Crippen LogP contribution is -2.32. The van der Waals surface area contributed by atoms with E-state index >= 15 is 0 Å². The van der Waals surface area contributed by atoms with Gasteiger partial charge in [0.1, 0.15) is 11.9 Å². The molecule has 0 aliphatic rings. The molecule has 1 aromatic rings. The van der Waals surface area contributed by atoms with E-state index in [-0.39, 0.29) is 24.1 Å². The Morgan fingerprint density at radius 2 is 2.04 bits per heavy atom. The maximum absolute atomic E-state index is 11.7. The molecule has 27 heavy (non-hydrogen) atoms. The number of anilines is 1. The number of alkyl carbamates (subject to hydrolysis) is 1. The summed E-state index contributed by atoms with van der Waals surface area (Å²) in [6.07, 6.45) is -0.526.